The van der Waals surface area contributed by atoms with Crippen molar-refractivity contribution in [1.29, 1.82) is 0 Å². The minimum Gasteiger partial charge on any atom is -0.126 e. The summed E-state index contributed by atoms with van der Waals surface area (Å²) in [7, 11) is 0. The zero-order valence-corrected chi connectivity index (χ0v) is 8.79. The molecular formula is C11H19Cl. The molecule has 0 nitrogen and oxygen atoms in total. The van der Waals surface area contributed by atoms with Crippen molar-refractivity contribution in [2.24, 2.45) is 5.41 Å². The average molecular weight is 187 g/mol. The van der Waals surface area contributed by atoms with Gasteiger partial charge in [-0.25, -0.2) is 0 Å². The highest BCUT2D eigenvalue weighted by molar-refractivity contribution is 6.18. The minimum absolute atomic E-state index is 0.408. The summed E-state index contributed by atoms with van der Waals surface area (Å²) in [6.45, 7) is 6.10. The van der Waals surface area contributed by atoms with Crippen molar-refractivity contribution >= 4 is 11.6 Å². The molecule has 0 aromatic rings. The van der Waals surface area contributed by atoms with E-state index in [-0.39, 0.29) is 0 Å². The van der Waals surface area contributed by atoms with Crippen LogP contribution in [0.4, 0.5) is 0 Å². The Bertz CT molecular complexity index is 154. The summed E-state index contributed by atoms with van der Waals surface area (Å²) in [5, 5.41) is 0. The van der Waals surface area contributed by atoms with Crippen molar-refractivity contribution in [2.75, 3.05) is 5.88 Å². The van der Waals surface area contributed by atoms with Crippen LogP contribution in [-0.2, 0) is 0 Å². The first-order valence-electron chi connectivity index (χ1n) is 4.89. The Labute approximate surface area is 81.0 Å². The lowest BCUT2D eigenvalue weighted by atomic mass is 9.72. The molecule has 70 valence electrons. The van der Waals surface area contributed by atoms with E-state index in [1.807, 2.05) is 0 Å². The second kappa shape index (κ2) is 4.32. The zero-order chi connectivity index (χ0) is 9.03. The van der Waals surface area contributed by atoms with E-state index < -0.39 is 0 Å². The molecule has 0 aromatic heterocycles. The highest BCUT2D eigenvalue weighted by Gasteiger charge is 2.30. The Kier molecular flexibility index (Phi) is 3.64. The number of allylic oxidation sites excluding steroid dienone is 1. The third kappa shape index (κ3) is 2.52. The molecular weight excluding hydrogens is 168 g/mol. The molecule has 1 aliphatic rings. The number of hydrogen-bond acceptors (Lipinski definition) is 0. The lowest BCUT2D eigenvalue weighted by Crippen LogP contribution is -2.26. The van der Waals surface area contributed by atoms with Gasteiger partial charge in [-0.15, -0.1) is 18.2 Å². The quantitative estimate of drug-likeness (QED) is 0.459. The van der Waals surface area contributed by atoms with Gasteiger partial charge in [-0.3, -0.25) is 0 Å². The third-order valence-corrected chi connectivity index (χ3v) is 3.44. The first kappa shape index (κ1) is 10.1. The predicted molar refractivity (Wildman–Crippen MR) is 55.7 cm³/mol. The Morgan fingerprint density at radius 2 is 1.92 bits per heavy atom. The van der Waals surface area contributed by atoms with Crippen LogP contribution in [0.15, 0.2) is 12.2 Å². The van der Waals surface area contributed by atoms with Gasteiger partial charge in [0, 0.05) is 5.88 Å². The maximum absolute atomic E-state index is 6.04. The van der Waals surface area contributed by atoms with Crippen LogP contribution in [0, 0.1) is 5.41 Å². The van der Waals surface area contributed by atoms with Gasteiger partial charge in [-0.05, 0) is 31.6 Å². The van der Waals surface area contributed by atoms with Gasteiger partial charge >= 0.3 is 0 Å². The van der Waals surface area contributed by atoms with Crippen LogP contribution >= 0.6 is 11.6 Å². The third-order valence-electron chi connectivity index (χ3n) is 2.87. The molecule has 12 heavy (non-hydrogen) atoms. The number of alkyl halides is 1. The van der Waals surface area contributed by atoms with Gasteiger partial charge in [0.25, 0.3) is 0 Å². The predicted octanol–water partition coefficient (Wildman–Crippen LogP) is 4.14. The number of hydrogen-bond donors (Lipinski definition) is 0. The molecule has 0 unspecified atom stereocenters. The molecule has 0 atom stereocenters. The minimum atomic E-state index is 0.408. The molecule has 0 spiro atoms. The molecule has 0 radical (unpaired) electrons. The summed E-state index contributed by atoms with van der Waals surface area (Å²) < 4.78 is 0. The molecule has 1 aliphatic carbocycles. The van der Waals surface area contributed by atoms with Crippen LogP contribution in [0.25, 0.3) is 0 Å². The zero-order valence-electron chi connectivity index (χ0n) is 8.03. The SMILES string of the molecule is C=C(C)CC1(CCl)CCCCC1. The van der Waals surface area contributed by atoms with Gasteiger partial charge in [-0.1, -0.05) is 24.8 Å². The fourth-order valence-corrected chi connectivity index (χ4v) is 2.66. The molecule has 1 fully saturated rings. The fourth-order valence-electron chi connectivity index (χ4n) is 2.30. The average Bonchev–Trinajstić information content (AvgIpc) is 2.05. The summed E-state index contributed by atoms with van der Waals surface area (Å²) >= 11 is 6.04. The first-order chi connectivity index (χ1) is 5.68. The Morgan fingerprint density at radius 3 is 2.33 bits per heavy atom. The number of halogens is 1. The molecule has 0 aromatic carbocycles. The Balaban J connectivity index is 2.53. The van der Waals surface area contributed by atoms with Crippen LogP contribution in [0.2, 0.25) is 0 Å². The summed E-state index contributed by atoms with van der Waals surface area (Å²) in [5.41, 5.74) is 1.70. The van der Waals surface area contributed by atoms with Gasteiger partial charge in [0.15, 0.2) is 0 Å². The molecule has 0 N–H and O–H groups in total. The molecule has 0 saturated heterocycles. The molecule has 0 aliphatic heterocycles. The highest BCUT2D eigenvalue weighted by atomic mass is 35.5. The van der Waals surface area contributed by atoms with Gasteiger partial charge in [0.05, 0.1) is 0 Å². The molecule has 0 heterocycles. The van der Waals surface area contributed by atoms with Crippen molar-refractivity contribution in [3.05, 3.63) is 12.2 Å². The van der Waals surface area contributed by atoms with E-state index in [4.69, 9.17) is 11.6 Å². The standard InChI is InChI=1S/C11H19Cl/c1-10(2)8-11(9-12)6-4-3-5-7-11/h1,3-9H2,2H3. The Morgan fingerprint density at radius 1 is 1.33 bits per heavy atom. The van der Waals surface area contributed by atoms with Gasteiger partial charge in [0.2, 0.25) is 0 Å². The van der Waals surface area contributed by atoms with E-state index in [9.17, 15) is 0 Å². The fraction of sp³-hybridized carbons (Fsp3) is 0.818. The largest absolute Gasteiger partial charge is 0.126 e. The van der Waals surface area contributed by atoms with E-state index in [1.54, 1.807) is 0 Å². The maximum Gasteiger partial charge on any atom is 0.0283 e. The van der Waals surface area contributed by atoms with Crippen molar-refractivity contribution in [1.82, 2.24) is 0 Å². The van der Waals surface area contributed by atoms with E-state index in [2.05, 4.69) is 13.5 Å². The van der Waals surface area contributed by atoms with Gasteiger partial charge in [0.1, 0.15) is 0 Å². The molecule has 1 rings (SSSR count). The van der Waals surface area contributed by atoms with Crippen LogP contribution < -0.4 is 0 Å². The van der Waals surface area contributed by atoms with Crippen molar-refractivity contribution in [3.8, 4) is 0 Å². The van der Waals surface area contributed by atoms with Crippen LogP contribution in [0.5, 0.6) is 0 Å². The molecule has 1 heteroatoms. The summed E-state index contributed by atoms with van der Waals surface area (Å²) in [4.78, 5) is 0. The number of rotatable bonds is 3. The topological polar surface area (TPSA) is 0 Å². The van der Waals surface area contributed by atoms with E-state index in [1.165, 1.54) is 37.7 Å². The molecule has 1 saturated carbocycles. The second-order valence-electron chi connectivity index (χ2n) is 4.33. The monoisotopic (exact) mass is 186 g/mol. The van der Waals surface area contributed by atoms with Crippen molar-refractivity contribution in [2.45, 2.75) is 45.4 Å². The maximum atomic E-state index is 6.04. The lowest BCUT2D eigenvalue weighted by Gasteiger charge is -2.35. The summed E-state index contributed by atoms with van der Waals surface area (Å²) in [6, 6.07) is 0. The normalized spacial score (nSPS) is 22.2. The molecule has 0 bridgehead atoms. The van der Waals surface area contributed by atoms with E-state index >= 15 is 0 Å². The van der Waals surface area contributed by atoms with Gasteiger partial charge < -0.3 is 0 Å². The molecule has 0 amide bonds. The van der Waals surface area contributed by atoms with Crippen LogP contribution in [-0.4, -0.2) is 5.88 Å². The van der Waals surface area contributed by atoms with Crippen LogP contribution in [0.1, 0.15) is 45.4 Å². The van der Waals surface area contributed by atoms with E-state index in [0.29, 0.717) is 5.41 Å². The second-order valence-corrected chi connectivity index (χ2v) is 4.60. The smallest absolute Gasteiger partial charge is 0.0283 e. The van der Waals surface area contributed by atoms with Crippen LogP contribution in [0.3, 0.4) is 0 Å². The van der Waals surface area contributed by atoms with Crippen molar-refractivity contribution < 1.29 is 0 Å². The van der Waals surface area contributed by atoms with E-state index in [0.717, 1.165) is 12.3 Å². The summed E-state index contributed by atoms with van der Waals surface area (Å²) in [6.07, 6.45) is 7.87. The first-order valence-corrected chi connectivity index (χ1v) is 5.42. The highest BCUT2D eigenvalue weighted by Crippen LogP contribution is 2.41. The summed E-state index contributed by atoms with van der Waals surface area (Å²) in [5.74, 6) is 0.819. The van der Waals surface area contributed by atoms with Crippen molar-refractivity contribution in [3.63, 3.8) is 0 Å². The van der Waals surface area contributed by atoms with Gasteiger partial charge in [-0.2, -0.15) is 0 Å². The lowest BCUT2D eigenvalue weighted by molar-refractivity contribution is 0.219. The Hall–Kier alpha value is 0.0300.